The fourth-order valence-corrected chi connectivity index (χ4v) is 2.19. The van der Waals surface area contributed by atoms with Crippen molar-refractivity contribution in [3.05, 3.63) is 0 Å². The van der Waals surface area contributed by atoms with Gasteiger partial charge in [0.25, 0.3) is 0 Å². The summed E-state index contributed by atoms with van der Waals surface area (Å²) in [5.41, 5.74) is 0. The molecule has 10 heteroatoms. The molecule has 2 unspecified atom stereocenters. The zero-order valence-corrected chi connectivity index (χ0v) is 16.3. The Kier molecular flexibility index (Phi) is 18.2. The van der Waals surface area contributed by atoms with Gasteiger partial charge in [-0.05, 0) is 25.7 Å². The van der Waals surface area contributed by atoms with Gasteiger partial charge in [0.1, 0.15) is 0 Å². The normalized spacial score (nSPS) is 13.1. The van der Waals surface area contributed by atoms with Crippen molar-refractivity contribution in [3.63, 3.8) is 0 Å². The third-order valence-corrected chi connectivity index (χ3v) is 3.52. The van der Waals surface area contributed by atoms with Crippen LogP contribution in [0.15, 0.2) is 0 Å². The zero-order chi connectivity index (χ0) is 21.0. The predicted octanol–water partition coefficient (Wildman–Crippen LogP) is -0.152. The van der Waals surface area contributed by atoms with Crippen LogP contribution in [-0.4, -0.2) is 84.6 Å². The second kappa shape index (κ2) is 19.0. The summed E-state index contributed by atoms with van der Waals surface area (Å²) >= 11 is 0. The van der Waals surface area contributed by atoms with Gasteiger partial charge in [-0.15, -0.1) is 0 Å². The lowest BCUT2D eigenvalue weighted by Crippen LogP contribution is -2.24. The van der Waals surface area contributed by atoms with E-state index in [1.807, 2.05) is 0 Å². The highest BCUT2D eigenvalue weighted by molar-refractivity contribution is 5.70. The highest BCUT2D eigenvalue weighted by atomic mass is 16.7. The fraction of sp³-hybridized carbons (Fsp3) is 0.889. The Morgan fingerprint density at radius 2 is 1.00 bits per heavy atom. The van der Waals surface area contributed by atoms with Gasteiger partial charge < -0.3 is 39.4 Å². The summed E-state index contributed by atoms with van der Waals surface area (Å²) in [5, 5.41) is 35.2. The van der Waals surface area contributed by atoms with Gasteiger partial charge in [-0.3, -0.25) is 9.59 Å². The smallest absolute Gasteiger partial charge is 0.308 e. The molecule has 0 rings (SSSR count). The first-order valence-electron chi connectivity index (χ1n) is 9.63. The molecule has 0 spiro atoms. The summed E-state index contributed by atoms with van der Waals surface area (Å²) in [6, 6.07) is 0. The van der Waals surface area contributed by atoms with Crippen LogP contribution in [0.4, 0.5) is 0 Å². The molecule has 0 radical (unpaired) electrons. The standard InChI is InChI=1S/C18H34O10/c19-9-3-7-17(25-13-11-21)27-15(23)5-1-2-6-16(24)28-18(8-4-10-20)26-14-12-22/h17-22H,1-14H2. The largest absolute Gasteiger partial charge is 0.436 e. The average Bonchev–Trinajstić information content (AvgIpc) is 2.69. The minimum absolute atomic E-state index is 0.0328. The average molecular weight is 410 g/mol. The van der Waals surface area contributed by atoms with Crippen LogP contribution in [0.3, 0.4) is 0 Å². The molecular formula is C18H34O10. The number of hydrogen-bond donors (Lipinski definition) is 4. The maximum absolute atomic E-state index is 11.8. The summed E-state index contributed by atoms with van der Waals surface area (Å²) < 4.78 is 20.7. The van der Waals surface area contributed by atoms with Gasteiger partial charge in [0.15, 0.2) is 0 Å². The van der Waals surface area contributed by atoms with E-state index in [1.54, 1.807) is 0 Å². The van der Waals surface area contributed by atoms with E-state index in [-0.39, 0.29) is 52.5 Å². The fourth-order valence-electron chi connectivity index (χ4n) is 2.19. The maximum atomic E-state index is 11.8. The van der Waals surface area contributed by atoms with E-state index < -0.39 is 24.5 Å². The van der Waals surface area contributed by atoms with Gasteiger partial charge in [0.2, 0.25) is 12.6 Å². The van der Waals surface area contributed by atoms with Crippen molar-refractivity contribution in [2.75, 3.05) is 39.6 Å². The number of rotatable bonds is 19. The Bertz CT molecular complexity index is 339. The van der Waals surface area contributed by atoms with Crippen LogP contribution in [0, 0.1) is 0 Å². The third-order valence-electron chi connectivity index (χ3n) is 3.52. The molecule has 2 atom stereocenters. The van der Waals surface area contributed by atoms with Crippen LogP contribution in [-0.2, 0) is 28.5 Å². The summed E-state index contributed by atoms with van der Waals surface area (Å²) in [6.45, 7) is -0.441. The summed E-state index contributed by atoms with van der Waals surface area (Å²) in [4.78, 5) is 23.7. The van der Waals surface area contributed by atoms with Crippen LogP contribution in [0.25, 0.3) is 0 Å². The summed E-state index contributed by atoms with van der Waals surface area (Å²) in [7, 11) is 0. The Balaban J connectivity index is 4.05. The molecule has 10 nitrogen and oxygen atoms in total. The van der Waals surface area contributed by atoms with Gasteiger partial charge in [0.05, 0.1) is 26.4 Å². The second-order valence-corrected chi connectivity index (χ2v) is 5.97. The van der Waals surface area contributed by atoms with E-state index in [9.17, 15) is 9.59 Å². The highest BCUT2D eigenvalue weighted by Gasteiger charge is 2.16. The van der Waals surface area contributed by atoms with Crippen LogP contribution < -0.4 is 0 Å². The second-order valence-electron chi connectivity index (χ2n) is 5.97. The lowest BCUT2D eigenvalue weighted by Gasteiger charge is -2.18. The van der Waals surface area contributed by atoms with Crippen LogP contribution in [0.5, 0.6) is 0 Å². The van der Waals surface area contributed by atoms with Crippen molar-refractivity contribution >= 4 is 11.9 Å². The summed E-state index contributed by atoms with van der Waals surface area (Å²) in [6.07, 6.45) is 0.880. The first-order chi connectivity index (χ1) is 13.6. The Labute approximate surface area is 165 Å². The number of aliphatic hydroxyl groups is 4. The Morgan fingerprint density at radius 3 is 1.32 bits per heavy atom. The number of hydrogen-bond acceptors (Lipinski definition) is 10. The minimum Gasteiger partial charge on any atom is -0.436 e. The van der Waals surface area contributed by atoms with Crippen LogP contribution in [0.2, 0.25) is 0 Å². The lowest BCUT2D eigenvalue weighted by atomic mass is 10.2. The molecule has 28 heavy (non-hydrogen) atoms. The van der Waals surface area contributed by atoms with Crippen LogP contribution in [0.1, 0.15) is 51.4 Å². The molecule has 4 N–H and O–H groups in total. The molecule has 0 saturated heterocycles. The Morgan fingerprint density at radius 1 is 0.607 bits per heavy atom. The first kappa shape index (κ1) is 26.7. The van der Waals surface area contributed by atoms with Gasteiger partial charge in [0, 0.05) is 38.9 Å². The molecular weight excluding hydrogens is 376 g/mol. The molecule has 0 heterocycles. The number of ether oxygens (including phenoxy) is 4. The van der Waals surface area contributed by atoms with E-state index in [0.717, 1.165) is 0 Å². The molecule has 0 bridgehead atoms. The molecule has 166 valence electrons. The number of aliphatic hydroxyl groups excluding tert-OH is 4. The van der Waals surface area contributed by atoms with Gasteiger partial charge in [-0.25, -0.2) is 0 Å². The number of unbranched alkanes of at least 4 members (excludes halogenated alkanes) is 1. The van der Waals surface area contributed by atoms with Crippen molar-refractivity contribution in [1.29, 1.82) is 0 Å². The zero-order valence-electron chi connectivity index (χ0n) is 16.3. The lowest BCUT2D eigenvalue weighted by molar-refractivity contribution is -0.184. The van der Waals surface area contributed by atoms with Gasteiger partial charge >= 0.3 is 11.9 Å². The van der Waals surface area contributed by atoms with E-state index >= 15 is 0 Å². The van der Waals surface area contributed by atoms with Crippen LogP contribution >= 0.6 is 0 Å². The van der Waals surface area contributed by atoms with E-state index in [2.05, 4.69) is 0 Å². The SMILES string of the molecule is O=C(CCCCC(=O)OC(CCCO)OCCO)OC(CCCO)OCCO. The van der Waals surface area contributed by atoms with Crippen molar-refractivity contribution in [1.82, 2.24) is 0 Å². The number of carbonyl (C=O) groups is 2. The molecule has 0 aliphatic rings. The molecule has 0 aromatic rings. The van der Waals surface area contributed by atoms with Crippen molar-refractivity contribution in [3.8, 4) is 0 Å². The Hall–Kier alpha value is -1.30. The van der Waals surface area contributed by atoms with Gasteiger partial charge in [-0.1, -0.05) is 0 Å². The highest BCUT2D eigenvalue weighted by Crippen LogP contribution is 2.11. The molecule has 0 fully saturated rings. The molecule has 0 saturated carbocycles. The molecule has 0 aliphatic carbocycles. The van der Waals surface area contributed by atoms with E-state index in [4.69, 9.17) is 39.4 Å². The molecule has 0 aromatic heterocycles. The number of carbonyl (C=O) groups excluding carboxylic acids is 2. The summed E-state index contributed by atoms with van der Waals surface area (Å²) in [5.74, 6) is -0.970. The maximum Gasteiger partial charge on any atom is 0.308 e. The molecule has 0 amide bonds. The monoisotopic (exact) mass is 410 g/mol. The third kappa shape index (κ3) is 15.7. The quantitative estimate of drug-likeness (QED) is 0.128. The molecule has 0 aliphatic heterocycles. The first-order valence-corrected chi connectivity index (χ1v) is 9.63. The van der Waals surface area contributed by atoms with Crippen molar-refractivity contribution < 1.29 is 49.0 Å². The number of esters is 2. The topological polar surface area (TPSA) is 152 Å². The molecule has 0 aromatic carbocycles. The minimum atomic E-state index is -0.812. The van der Waals surface area contributed by atoms with Crippen molar-refractivity contribution in [2.24, 2.45) is 0 Å². The van der Waals surface area contributed by atoms with Crippen molar-refractivity contribution in [2.45, 2.75) is 63.9 Å². The predicted molar refractivity (Wildman–Crippen MR) is 96.9 cm³/mol. The van der Waals surface area contributed by atoms with E-state index in [0.29, 0.717) is 38.5 Å². The van der Waals surface area contributed by atoms with E-state index in [1.165, 1.54) is 0 Å². The van der Waals surface area contributed by atoms with Gasteiger partial charge in [-0.2, -0.15) is 0 Å².